The summed E-state index contributed by atoms with van der Waals surface area (Å²) in [5.74, 6) is 0. The van der Waals surface area contributed by atoms with Crippen molar-refractivity contribution in [3.05, 3.63) is 0 Å². The molecule has 5 nitrogen and oxygen atoms in total. The van der Waals surface area contributed by atoms with Gasteiger partial charge in [0.1, 0.15) is 0 Å². The first-order chi connectivity index (χ1) is 2.00. The van der Waals surface area contributed by atoms with E-state index in [1.165, 1.54) is 0 Å². The molecule has 0 saturated heterocycles. The van der Waals surface area contributed by atoms with E-state index in [-0.39, 0.29) is 5.48 Å². The number of hydrogen-bond donors (Lipinski definition) is 0. The van der Waals surface area contributed by atoms with Crippen LogP contribution in [0.3, 0.4) is 0 Å². The van der Waals surface area contributed by atoms with Crippen molar-refractivity contribution in [3.8, 4) is 0 Å². The van der Waals surface area contributed by atoms with E-state index in [2.05, 4.69) is 0 Å². The van der Waals surface area contributed by atoms with Gasteiger partial charge in [-0.15, -0.1) is 0 Å². The molecule has 0 atom stereocenters. The zero-order valence-corrected chi connectivity index (χ0v) is 5.55. The van der Waals surface area contributed by atoms with Crippen molar-refractivity contribution in [2.75, 3.05) is 0 Å². The van der Waals surface area contributed by atoms with Crippen LogP contribution in [0, 0.1) is 0 Å². The van der Waals surface area contributed by atoms with Gasteiger partial charge in [-0.3, -0.25) is 0 Å². The molecule has 0 spiro atoms. The molecule has 0 amide bonds. The van der Waals surface area contributed by atoms with Gasteiger partial charge in [-0.25, -0.2) is 0 Å². The molecule has 0 saturated carbocycles. The molecule has 0 fully saturated rings. The topological polar surface area (TPSA) is 99.8 Å². The minimum absolute atomic E-state index is 0. The second kappa shape index (κ2) is 2.44. The summed E-state index contributed by atoms with van der Waals surface area (Å²) in [5, 5.41) is 0. The molecule has 35 valence electrons. The Kier molecular flexibility index (Phi) is 3.88. The summed E-state index contributed by atoms with van der Waals surface area (Å²) in [7, 11) is 0. The van der Waals surface area contributed by atoms with Gasteiger partial charge in [0.15, 0.2) is 0 Å². The average Bonchev–Trinajstić information content (AvgIpc) is 0.722. The maximum absolute atomic E-state index is 8.66. The molecule has 0 radical (unpaired) electrons. The zero-order chi connectivity index (χ0) is 4.50. The standard InChI is InChI=1S/H2O.4O.Y/h1H2;;;;;. The minimum atomic E-state index is -6.26. The Morgan fingerprint density at radius 3 is 0.833 bits per heavy atom. The first-order valence-corrected chi connectivity index (χ1v) is 5.58. The van der Waals surface area contributed by atoms with Crippen molar-refractivity contribution in [3.63, 3.8) is 0 Å². The molecule has 0 heterocycles. The van der Waals surface area contributed by atoms with Crippen molar-refractivity contribution in [2.45, 2.75) is 0 Å². The third kappa shape index (κ3) is 652. The van der Waals surface area contributed by atoms with Crippen LogP contribution in [-0.2, 0) is 34.1 Å². The van der Waals surface area contributed by atoms with Gasteiger partial charge in [0, 0.05) is 0 Å². The molecule has 0 aliphatic carbocycles. The first-order valence-electron chi connectivity index (χ1n) is 0.943. The van der Waals surface area contributed by atoms with E-state index in [0.29, 0.717) is 0 Å². The van der Waals surface area contributed by atoms with Crippen molar-refractivity contribution in [1.29, 1.82) is 0 Å². The number of rotatable bonds is 0. The van der Waals surface area contributed by atoms with Crippen LogP contribution in [0.25, 0.3) is 0 Å². The fraction of sp³-hybridized carbons (Fsp3) is 0. The van der Waals surface area contributed by atoms with E-state index in [4.69, 9.17) is 8.18 Å². The Morgan fingerprint density at radius 2 is 0.833 bits per heavy atom. The molecule has 0 rings (SSSR count). The van der Waals surface area contributed by atoms with Crippen molar-refractivity contribution in [2.24, 2.45) is 0 Å². The van der Waals surface area contributed by atoms with Crippen molar-refractivity contribution in [1.82, 2.24) is 0 Å². The van der Waals surface area contributed by atoms with Crippen LogP contribution >= 0.6 is 0 Å². The second-order valence-corrected chi connectivity index (χ2v) is 3.42. The van der Waals surface area contributed by atoms with E-state index in [1.807, 2.05) is 0 Å². The predicted octanol–water partition coefficient (Wildman–Crippen LogP) is -1.30. The SMILES string of the molecule is O.[O]=[Y](=[O])(=[O])=[O]. The van der Waals surface area contributed by atoms with Crippen LogP contribution in [-0.4, -0.2) is 5.48 Å². The summed E-state index contributed by atoms with van der Waals surface area (Å²) >= 11 is -6.26. The monoisotopic (exact) mass is 171 g/mol. The quantitative estimate of drug-likeness (QED) is 0.451. The first kappa shape index (κ1) is 9.55. The molecule has 0 aliphatic rings. The Bertz CT molecular complexity index is 155. The van der Waals surface area contributed by atoms with Crippen LogP contribution in [0.1, 0.15) is 0 Å². The Morgan fingerprint density at radius 1 is 0.833 bits per heavy atom. The van der Waals surface area contributed by atoms with E-state index < -0.39 is 25.9 Å². The van der Waals surface area contributed by atoms with Gasteiger partial charge in [-0.2, -0.15) is 0 Å². The van der Waals surface area contributed by atoms with Gasteiger partial charge in [0.25, 0.3) is 0 Å². The van der Waals surface area contributed by atoms with Gasteiger partial charge >= 0.3 is 34.1 Å². The Hall–Kier alpha value is 0.264. The fourth-order valence-electron chi connectivity index (χ4n) is 0. The molecule has 6 heavy (non-hydrogen) atoms. The molecule has 0 aromatic heterocycles. The summed E-state index contributed by atoms with van der Waals surface area (Å²) in [6.07, 6.45) is 0. The normalized spacial score (nSPS) is 4.00. The van der Waals surface area contributed by atoms with E-state index in [9.17, 15) is 0 Å². The van der Waals surface area contributed by atoms with E-state index in [1.54, 1.807) is 0 Å². The molecule has 2 N–H and O–H groups in total. The zero-order valence-electron chi connectivity index (χ0n) is 2.71. The average molecular weight is 171 g/mol. The maximum atomic E-state index is 8.66. The van der Waals surface area contributed by atoms with Gasteiger partial charge in [-0.1, -0.05) is 0 Å². The molecule has 0 aromatic rings. The third-order valence-corrected chi connectivity index (χ3v) is 0. The molecule has 0 aliphatic heterocycles. The summed E-state index contributed by atoms with van der Waals surface area (Å²) in [5.41, 5.74) is 0. The Labute approximate surface area is 39.6 Å². The molecular formula is H2O5Y. The van der Waals surface area contributed by atoms with Crippen molar-refractivity contribution < 1.29 is 39.6 Å². The van der Waals surface area contributed by atoms with Gasteiger partial charge in [0.2, 0.25) is 0 Å². The second-order valence-electron chi connectivity index (χ2n) is 0.577. The van der Waals surface area contributed by atoms with Gasteiger partial charge in [0.05, 0.1) is 0 Å². The van der Waals surface area contributed by atoms with E-state index >= 15 is 0 Å². The fourth-order valence-corrected chi connectivity index (χ4v) is 0. The van der Waals surface area contributed by atoms with E-state index in [0.717, 1.165) is 0 Å². The van der Waals surface area contributed by atoms with Crippen LogP contribution in [0.4, 0.5) is 0 Å². The molecule has 0 bridgehead atoms. The molecule has 0 aromatic carbocycles. The van der Waals surface area contributed by atoms with Gasteiger partial charge < -0.3 is 5.48 Å². The predicted molar refractivity (Wildman–Crippen MR) is 6.36 cm³/mol. The summed E-state index contributed by atoms with van der Waals surface area (Å²) in [4.78, 5) is 0. The summed E-state index contributed by atoms with van der Waals surface area (Å²) in [6.45, 7) is 0. The van der Waals surface area contributed by atoms with Crippen LogP contribution in [0.5, 0.6) is 0 Å². The van der Waals surface area contributed by atoms with Crippen LogP contribution < -0.4 is 0 Å². The molecule has 6 heteroatoms. The van der Waals surface area contributed by atoms with Gasteiger partial charge in [-0.05, 0) is 0 Å². The molecule has 0 unspecified atom stereocenters. The Balaban J connectivity index is 0. The summed E-state index contributed by atoms with van der Waals surface area (Å²) < 4.78 is 34.6. The third-order valence-electron chi connectivity index (χ3n) is 0. The molecular weight excluding hydrogens is 169 g/mol. The summed E-state index contributed by atoms with van der Waals surface area (Å²) in [6, 6.07) is 0. The number of hydrogen-bond acceptors (Lipinski definition) is 4. The van der Waals surface area contributed by atoms with Crippen LogP contribution in [0.2, 0.25) is 0 Å². The van der Waals surface area contributed by atoms with Crippen molar-refractivity contribution >= 4 is 0 Å². The van der Waals surface area contributed by atoms with Crippen LogP contribution in [0.15, 0.2) is 0 Å².